The van der Waals surface area contributed by atoms with Gasteiger partial charge >= 0.3 is 0 Å². The lowest BCUT2D eigenvalue weighted by atomic mass is 10.0. The Morgan fingerprint density at radius 3 is 2.88 bits per heavy atom. The maximum absolute atomic E-state index is 13.4. The van der Waals surface area contributed by atoms with Crippen molar-refractivity contribution in [2.75, 3.05) is 19.6 Å². The Balaban J connectivity index is 1.42. The number of hydrogen-bond acceptors (Lipinski definition) is 7. The Bertz CT molecular complexity index is 1230. The van der Waals surface area contributed by atoms with E-state index in [4.69, 9.17) is 10.9 Å². The number of nitrogens with zero attached hydrogens (tertiary/aromatic N) is 4. The van der Waals surface area contributed by atoms with Crippen LogP contribution in [0.2, 0.25) is 0 Å². The van der Waals surface area contributed by atoms with Gasteiger partial charge in [0, 0.05) is 55.6 Å². The number of aryl methyl sites for hydroxylation is 1. The van der Waals surface area contributed by atoms with Crippen LogP contribution in [-0.4, -0.2) is 57.8 Å². The number of aromatic nitrogens is 2. The Morgan fingerprint density at radius 1 is 1.32 bits per heavy atom. The molecular formula is C26H26N4O3S. The molecule has 3 heterocycles. The van der Waals surface area contributed by atoms with Crippen LogP contribution in [0.1, 0.15) is 50.2 Å². The van der Waals surface area contributed by atoms with Crippen LogP contribution in [0.15, 0.2) is 52.1 Å². The molecule has 1 fully saturated rings. The molecule has 4 rings (SSSR count). The van der Waals surface area contributed by atoms with Gasteiger partial charge in [-0.2, -0.15) is 0 Å². The molecule has 1 aliphatic heterocycles. The van der Waals surface area contributed by atoms with Gasteiger partial charge in [0.1, 0.15) is 17.1 Å². The van der Waals surface area contributed by atoms with Gasteiger partial charge in [0.25, 0.3) is 5.91 Å². The lowest BCUT2D eigenvalue weighted by molar-refractivity contribution is 0.0471. The molecule has 1 amide bonds. The number of aldehydes is 1. The van der Waals surface area contributed by atoms with Gasteiger partial charge in [-0.1, -0.05) is 22.8 Å². The lowest BCUT2D eigenvalue weighted by Gasteiger charge is -2.40. The number of rotatable bonds is 7. The SMILES string of the molecule is C#Cc1cc(C=O)cc(CN2CCN(C(=O)c3cccnc3SCc3cc(C)no3)[C@H](C)C2)c1. The van der Waals surface area contributed by atoms with Gasteiger partial charge in [0.2, 0.25) is 0 Å². The third-order valence-corrected chi connectivity index (χ3v) is 6.75. The van der Waals surface area contributed by atoms with Crippen LogP contribution in [0, 0.1) is 19.3 Å². The molecule has 1 atom stereocenters. The number of thioether (sulfide) groups is 1. The first-order valence-corrected chi connectivity index (χ1v) is 12.0. The molecule has 1 aromatic carbocycles. The Kier molecular flexibility index (Phi) is 7.46. The average molecular weight is 475 g/mol. The maximum Gasteiger partial charge on any atom is 0.256 e. The second-order valence-corrected chi connectivity index (χ2v) is 9.35. The minimum absolute atomic E-state index is 0.0194. The minimum Gasteiger partial charge on any atom is -0.360 e. The first-order valence-electron chi connectivity index (χ1n) is 11.1. The van der Waals surface area contributed by atoms with E-state index in [2.05, 4.69) is 27.9 Å². The summed E-state index contributed by atoms with van der Waals surface area (Å²) in [5.41, 5.74) is 3.70. The van der Waals surface area contributed by atoms with Crippen molar-refractivity contribution in [2.24, 2.45) is 0 Å². The van der Waals surface area contributed by atoms with Gasteiger partial charge in [0.05, 0.1) is 17.0 Å². The van der Waals surface area contributed by atoms with E-state index >= 15 is 0 Å². The van der Waals surface area contributed by atoms with Gasteiger partial charge in [-0.15, -0.1) is 6.42 Å². The smallest absolute Gasteiger partial charge is 0.256 e. The van der Waals surface area contributed by atoms with Crippen LogP contribution in [0.5, 0.6) is 0 Å². The highest BCUT2D eigenvalue weighted by Crippen LogP contribution is 2.27. The van der Waals surface area contributed by atoms with Crippen molar-refractivity contribution in [3.63, 3.8) is 0 Å². The first-order chi connectivity index (χ1) is 16.5. The topological polar surface area (TPSA) is 79.5 Å². The van der Waals surface area contributed by atoms with E-state index < -0.39 is 0 Å². The fourth-order valence-corrected chi connectivity index (χ4v) is 5.01. The summed E-state index contributed by atoms with van der Waals surface area (Å²) in [4.78, 5) is 33.3. The van der Waals surface area contributed by atoms with Crippen LogP contribution >= 0.6 is 11.8 Å². The highest BCUT2D eigenvalue weighted by atomic mass is 32.2. The number of benzene rings is 1. The van der Waals surface area contributed by atoms with E-state index in [0.29, 0.717) is 40.6 Å². The number of pyridine rings is 1. The highest BCUT2D eigenvalue weighted by Gasteiger charge is 2.29. The molecule has 0 aliphatic carbocycles. The molecule has 1 saturated heterocycles. The van der Waals surface area contributed by atoms with Gasteiger partial charge in [-0.25, -0.2) is 4.98 Å². The van der Waals surface area contributed by atoms with E-state index in [1.165, 1.54) is 11.8 Å². The van der Waals surface area contributed by atoms with E-state index in [1.54, 1.807) is 18.3 Å². The summed E-state index contributed by atoms with van der Waals surface area (Å²) < 4.78 is 5.28. The summed E-state index contributed by atoms with van der Waals surface area (Å²) in [5, 5.41) is 4.59. The number of terminal acetylenes is 1. The molecule has 7 nitrogen and oxygen atoms in total. The number of carbonyl (C=O) groups is 2. The molecule has 0 spiro atoms. The van der Waals surface area contributed by atoms with Crippen LogP contribution in [-0.2, 0) is 12.3 Å². The molecule has 34 heavy (non-hydrogen) atoms. The number of carbonyl (C=O) groups excluding carboxylic acids is 2. The Morgan fingerprint density at radius 2 is 2.18 bits per heavy atom. The largest absolute Gasteiger partial charge is 0.360 e. The van der Waals surface area contributed by atoms with E-state index in [9.17, 15) is 9.59 Å². The third kappa shape index (κ3) is 5.56. The van der Waals surface area contributed by atoms with Crippen LogP contribution in [0.25, 0.3) is 0 Å². The summed E-state index contributed by atoms with van der Waals surface area (Å²) in [6.45, 7) is 6.67. The van der Waals surface area contributed by atoms with Crippen molar-refractivity contribution in [3.8, 4) is 12.3 Å². The Hall–Kier alpha value is -3.41. The second kappa shape index (κ2) is 10.7. The molecule has 0 bridgehead atoms. The Labute approximate surface area is 203 Å². The standard InChI is InChI=1S/C26H26N4O3S/c1-4-20-11-21(13-22(12-20)16-31)15-29-8-9-30(19(3)14-29)26(32)24-6-5-7-27-25(24)34-17-23-10-18(2)28-33-23/h1,5-7,10-13,16,19H,8-9,14-15,17H2,2-3H3/t19-/m1/s1. The van der Waals surface area contributed by atoms with Gasteiger partial charge in [-0.3, -0.25) is 14.5 Å². The second-order valence-electron chi connectivity index (χ2n) is 8.39. The van der Waals surface area contributed by atoms with Crippen molar-refractivity contribution in [1.29, 1.82) is 0 Å². The van der Waals surface area contributed by atoms with Crippen LogP contribution in [0.3, 0.4) is 0 Å². The zero-order valence-corrected chi connectivity index (χ0v) is 20.0. The fraction of sp³-hybridized carbons (Fsp3) is 0.308. The van der Waals surface area contributed by atoms with Crippen molar-refractivity contribution in [2.45, 2.75) is 37.2 Å². The molecule has 0 unspecified atom stereocenters. The van der Waals surface area contributed by atoms with Crippen molar-refractivity contribution in [3.05, 3.63) is 76.3 Å². The quantitative estimate of drug-likeness (QED) is 0.293. The molecule has 3 aromatic rings. The molecule has 174 valence electrons. The van der Waals surface area contributed by atoms with Crippen molar-refractivity contribution >= 4 is 24.0 Å². The predicted octanol–water partition coefficient (Wildman–Crippen LogP) is 3.81. The maximum atomic E-state index is 13.4. The zero-order valence-electron chi connectivity index (χ0n) is 19.2. The van der Waals surface area contributed by atoms with E-state index in [1.807, 2.05) is 36.1 Å². The molecule has 0 radical (unpaired) electrons. The monoisotopic (exact) mass is 474 g/mol. The highest BCUT2D eigenvalue weighted by molar-refractivity contribution is 7.98. The molecule has 2 aromatic heterocycles. The molecule has 0 N–H and O–H groups in total. The summed E-state index contributed by atoms with van der Waals surface area (Å²) in [6, 6.07) is 11.0. The summed E-state index contributed by atoms with van der Waals surface area (Å²) in [6.07, 6.45) is 8.05. The van der Waals surface area contributed by atoms with Crippen molar-refractivity contribution < 1.29 is 14.1 Å². The summed E-state index contributed by atoms with van der Waals surface area (Å²) in [5.74, 6) is 3.90. The summed E-state index contributed by atoms with van der Waals surface area (Å²) >= 11 is 1.47. The fourth-order valence-electron chi connectivity index (χ4n) is 4.14. The third-order valence-electron chi connectivity index (χ3n) is 5.73. The molecule has 0 saturated carbocycles. The average Bonchev–Trinajstić information content (AvgIpc) is 3.27. The van der Waals surface area contributed by atoms with E-state index in [0.717, 1.165) is 36.4 Å². The summed E-state index contributed by atoms with van der Waals surface area (Å²) in [7, 11) is 0. The number of amides is 1. The number of piperazine rings is 1. The van der Waals surface area contributed by atoms with Gasteiger partial charge in [0.15, 0.2) is 0 Å². The first kappa shape index (κ1) is 23.7. The van der Waals surface area contributed by atoms with Crippen LogP contribution < -0.4 is 0 Å². The number of hydrogen-bond donors (Lipinski definition) is 0. The molecule has 1 aliphatic rings. The predicted molar refractivity (Wildman–Crippen MR) is 131 cm³/mol. The van der Waals surface area contributed by atoms with Crippen LogP contribution in [0.4, 0.5) is 0 Å². The van der Waals surface area contributed by atoms with Crippen molar-refractivity contribution in [1.82, 2.24) is 19.9 Å². The molecule has 8 heteroatoms. The van der Waals surface area contributed by atoms with Gasteiger partial charge < -0.3 is 9.42 Å². The van der Waals surface area contributed by atoms with Gasteiger partial charge in [-0.05, 0) is 49.7 Å². The minimum atomic E-state index is -0.0194. The zero-order chi connectivity index (χ0) is 24.1. The normalized spacial score (nSPS) is 16.3. The molecular weight excluding hydrogens is 448 g/mol. The lowest BCUT2D eigenvalue weighted by Crippen LogP contribution is -2.53. The van der Waals surface area contributed by atoms with E-state index in [-0.39, 0.29) is 11.9 Å².